The monoisotopic (exact) mass is 418 g/mol. The Bertz CT molecular complexity index is 1010. The molecule has 1 aromatic carbocycles. The van der Waals surface area contributed by atoms with Gasteiger partial charge in [0.15, 0.2) is 6.61 Å². The van der Waals surface area contributed by atoms with E-state index in [4.69, 9.17) is 4.74 Å². The number of ether oxygens (including phenoxy) is 1. The molecule has 0 aliphatic heterocycles. The molecule has 0 aliphatic rings. The standard InChI is InChI=1S/C21H21F3N4O2/c1-3-18-17(12-27-28(18)16-8-6-14(2)7-9-16)19(29)26-11-15-5-4-10-25-20(15)30-13-21(22,23)24/h4-10,12H,3,11,13H2,1-2H3,(H,26,29). The second kappa shape index (κ2) is 8.98. The minimum atomic E-state index is -4.47. The van der Waals surface area contributed by atoms with Gasteiger partial charge in [0.2, 0.25) is 5.88 Å². The van der Waals surface area contributed by atoms with Gasteiger partial charge in [-0.2, -0.15) is 18.3 Å². The molecule has 9 heteroatoms. The van der Waals surface area contributed by atoms with Gasteiger partial charge in [-0.05, 0) is 31.5 Å². The van der Waals surface area contributed by atoms with E-state index in [1.807, 2.05) is 38.1 Å². The number of rotatable bonds is 7. The Morgan fingerprint density at radius 3 is 2.60 bits per heavy atom. The highest BCUT2D eigenvalue weighted by atomic mass is 19.4. The Kier molecular flexibility index (Phi) is 6.39. The number of hydrogen-bond donors (Lipinski definition) is 1. The van der Waals surface area contributed by atoms with Gasteiger partial charge >= 0.3 is 6.18 Å². The molecule has 0 bridgehead atoms. The molecule has 30 heavy (non-hydrogen) atoms. The van der Waals surface area contributed by atoms with Crippen LogP contribution >= 0.6 is 0 Å². The number of nitrogens with one attached hydrogen (secondary N) is 1. The lowest BCUT2D eigenvalue weighted by Gasteiger charge is -2.13. The predicted octanol–water partition coefficient (Wildman–Crippen LogP) is 4.01. The molecule has 0 unspecified atom stereocenters. The summed E-state index contributed by atoms with van der Waals surface area (Å²) in [6, 6.07) is 10.9. The van der Waals surface area contributed by atoms with Crippen molar-refractivity contribution in [2.75, 3.05) is 6.61 Å². The first kappa shape index (κ1) is 21.4. The fourth-order valence-electron chi connectivity index (χ4n) is 2.92. The van der Waals surface area contributed by atoms with E-state index >= 15 is 0 Å². The van der Waals surface area contributed by atoms with Crippen molar-refractivity contribution in [1.82, 2.24) is 20.1 Å². The van der Waals surface area contributed by atoms with Crippen molar-refractivity contribution in [1.29, 1.82) is 0 Å². The number of hydrogen-bond acceptors (Lipinski definition) is 4. The maximum Gasteiger partial charge on any atom is 0.422 e. The van der Waals surface area contributed by atoms with Crippen molar-refractivity contribution in [3.63, 3.8) is 0 Å². The van der Waals surface area contributed by atoms with Crippen LogP contribution in [0.3, 0.4) is 0 Å². The van der Waals surface area contributed by atoms with Crippen molar-refractivity contribution in [3.05, 3.63) is 71.2 Å². The molecule has 1 N–H and O–H groups in total. The summed E-state index contributed by atoms with van der Waals surface area (Å²) in [6.45, 7) is 2.42. The molecule has 2 aromatic heterocycles. The number of aryl methyl sites for hydroxylation is 1. The Labute approximate surface area is 171 Å². The van der Waals surface area contributed by atoms with E-state index in [1.165, 1.54) is 12.4 Å². The Morgan fingerprint density at radius 1 is 1.20 bits per heavy atom. The van der Waals surface area contributed by atoms with Crippen LogP contribution in [0.2, 0.25) is 0 Å². The average molecular weight is 418 g/mol. The smallest absolute Gasteiger partial charge is 0.422 e. The van der Waals surface area contributed by atoms with E-state index in [2.05, 4.69) is 15.4 Å². The van der Waals surface area contributed by atoms with E-state index < -0.39 is 12.8 Å². The van der Waals surface area contributed by atoms with Crippen molar-refractivity contribution in [2.24, 2.45) is 0 Å². The Balaban J connectivity index is 1.74. The van der Waals surface area contributed by atoms with Crippen LogP contribution in [-0.2, 0) is 13.0 Å². The summed E-state index contributed by atoms with van der Waals surface area (Å²) < 4.78 is 43.7. The highest BCUT2D eigenvalue weighted by Crippen LogP contribution is 2.21. The number of nitrogens with zero attached hydrogens (tertiary/aromatic N) is 3. The van der Waals surface area contributed by atoms with Crippen LogP contribution < -0.4 is 10.1 Å². The van der Waals surface area contributed by atoms with E-state index in [0.717, 1.165) is 16.9 Å². The largest absolute Gasteiger partial charge is 0.468 e. The molecular formula is C21H21F3N4O2. The van der Waals surface area contributed by atoms with Crippen molar-refractivity contribution in [2.45, 2.75) is 33.0 Å². The van der Waals surface area contributed by atoms with E-state index in [-0.39, 0.29) is 18.3 Å². The average Bonchev–Trinajstić information content (AvgIpc) is 3.15. The highest BCUT2D eigenvalue weighted by molar-refractivity contribution is 5.95. The molecule has 1 amide bonds. The molecule has 0 aliphatic carbocycles. The quantitative estimate of drug-likeness (QED) is 0.630. The summed E-state index contributed by atoms with van der Waals surface area (Å²) in [5.74, 6) is -0.544. The fraction of sp³-hybridized carbons (Fsp3) is 0.286. The number of benzene rings is 1. The second-order valence-electron chi connectivity index (χ2n) is 6.66. The minimum absolute atomic E-state index is 0.0290. The topological polar surface area (TPSA) is 69.0 Å². The number of pyridine rings is 1. The number of carbonyl (C=O) groups excluding carboxylic acids is 1. The molecule has 3 rings (SSSR count). The van der Waals surface area contributed by atoms with E-state index in [1.54, 1.807) is 16.8 Å². The normalized spacial score (nSPS) is 11.4. The number of carbonyl (C=O) groups is 1. The third-order valence-corrected chi connectivity index (χ3v) is 4.39. The summed E-state index contributed by atoms with van der Waals surface area (Å²) in [6.07, 6.45) is -1.09. The molecular weight excluding hydrogens is 397 g/mol. The van der Waals surface area contributed by atoms with Gasteiger partial charge in [0.25, 0.3) is 5.91 Å². The maximum atomic E-state index is 12.7. The van der Waals surface area contributed by atoms with Gasteiger partial charge in [0.1, 0.15) is 0 Å². The summed E-state index contributed by atoms with van der Waals surface area (Å²) in [5.41, 5.74) is 3.43. The van der Waals surface area contributed by atoms with Crippen molar-refractivity contribution < 1.29 is 22.7 Å². The summed E-state index contributed by atoms with van der Waals surface area (Å²) in [7, 11) is 0. The van der Waals surface area contributed by atoms with Crippen LogP contribution in [0.4, 0.5) is 13.2 Å². The lowest BCUT2D eigenvalue weighted by molar-refractivity contribution is -0.154. The van der Waals surface area contributed by atoms with Crippen LogP contribution in [0.25, 0.3) is 5.69 Å². The van der Waals surface area contributed by atoms with Gasteiger partial charge in [-0.15, -0.1) is 0 Å². The SMILES string of the molecule is CCc1c(C(=O)NCc2cccnc2OCC(F)(F)F)cnn1-c1ccc(C)cc1. The van der Waals surface area contributed by atoms with Crippen LogP contribution in [-0.4, -0.2) is 33.5 Å². The predicted molar refractivity (Wildman–Crippen MR) is 105 cm³/mol. The number of amides is 1. The first-order valence-electron chi connectivity index (χ1n) is 9.34. The number of halogens is 3. The zero-order valence-corrected chi connectivity index (χ0v) is 16.5. The third-order valence-electron chi connectivity index (χ3n) is 4.39. The van der Waals surface area contributed by atoms with Gasteiger partial charge in [-0.3, -0.25) is 4.79 Å². The first-order chi connectivity index (χ1) is 14.3. The molecule has 0 saturated carbocycles. The summed E-state index contributed by atoms with van der Waals surface area (Å²) in [4.78, 5) is 16.5. The fourth-order valence-corrected chi connectivity index (χ4v) is 2.92. The highest BCUT2D eigenvalue weighted by Gasteiger charge is 2.29. The zero-order valence-electron chi connectivity index (χ0n) is 16.5. The van der Waals surface area contributed by atoms with Gasteiger partial charge in [-0.1, -0.05) is 30.7 Å². The van der Waals surface area contributed by atoms with Crippen molar-refractivity contribution >= 4 is 5.91 Å². The lowest BCUT2D eigenvalue weighted by atomic mass is 10.1. The molecule has 2 heterocycles. The first-order valence-corrected chi connectivity index (χ1v) is 9.34. The van der Waals surface area contributed by atoms with E-state index in [9.17, 15) is 18.0 Å². The Morgan fingerprint density at radius 2 is 1.93 bits per heavy atom. The zero-order chi connectivity index (χ0) is 21.7. The molecule has 6 nitrogen and oxygen atoms in total. The van der Waals surface area contributed by atoms with Gasteiger partial charge in [-0.25, -0.2) is 9.67 Å². The molecule has 0 spiro atoms. The Hall–Kier alpha value is -3.36. The number of aromatic nitrogens is 3. The summed E-state index contributed by atoms with van der Waals surface area (Å²) in [5, 5.41) is 7.04. The molecule has 0 fully saturated rings. The number of alkyl halides is 3. The molecule has 0 saturated heterocycles. The molecule has 0 radical (unpaired) electrons. The van der Waals surface area contributed by atoms with Crippen LogP contribution in [0, 0.1) is 6.92 Å². The van der Waals surface area contributed by atoms with Crippen LogP contribution in [0.5, 0.6) is 5.88 Å². The molecule has 3 aromatic rings. The van der Waals surface area contributed by atoms with Gasteiger partial charge in [0, 0.05) is 18.3 Å². The minimum Gasteiger partial charge on any atom is -0.468 e. The van der Waals surface area contributed by atoms with Crippen molar-refractivity contribution in [3.8, 4) is 11.6 Å². The maximum absolute atomic E-state index is 12.7. The van der Waals surface area contributed by atoms with Crippen LogP contribution in [0.1, 0.15) is 34.1 Å². The second-order valence-corrected chi connectivity index (χ2v) is 6.66. The third kappa shape index (κ3) is 5.16. The molecule has 158 valence electrons. The van der Waals surface area contributed by atoms with E-state index in [0.29, 0.717) is 17.5 Å². The van der Waals surface area contributed by atoms with Gasteiger partial charge < -0.3 is 10.1 Å². The summed E-state index contributed by atoms with van der Waals surface area (Å²) >= 11 is 0. The van der Waals surface area contributed by atoms with Crippen LogP contribution in [0.15, 0.2) is 48.8 Å². The van der Waals surface area contributed by atoms with Gasteiger partial charge in [0.05, 0.1) is 23.1 Å². The molecule has 0 atom stereocenters. The lowest BCUT2D eigenvalue weighted by Crippen LogP contribution is -2.25.